The van der Waals surface area contributed by atoms with E-state index < -0.39 is 42.3 Å². The highest BCUT2D eigenvalue weighted by molar-refractivity contribution is 5.14. The number of aliphatic hydroxyl groups is 3. The van der Waals surface area contributed by atoms with Crippen LogP contribution in [-0.2, 0) is 11.4 Å². The van der Waals surface area contributed by atoms with E-state index in [0.717, 1.165) is 4.57 Å². The summed E-state index contributed by atoms with van der Waals surface area (Å²) < 4.78 is 6.25. The molecule has 2 heterocycles. The van der Waals surface area contributed by atoms with Gasteiger partial charge in [-0.25, -0.2) is 4.79 Å². The van der Waals surface area contributed by atoms with Crippen LogP contribution < -0.4 is 17.0 Å². The SMILES string of the molecule is NCn1cc([C@@H]2O[C@H](CO)[C@@H](O)[C@H]2O)c(=O)[nH]c1=O. The van der Waals surface area contributed by atoms with Crippen molar-refractivity contribution in [1.29, 1.82) is 0 Å². The standard InChI is InChI=1S/C10H15N3O6/c11-3-13-1-4(9(17)12-10(13)18)8-7(16)6(15)5(2-14)19-8/h1,5-8,14-16H,2-3,11H2,(H,12,17,18)/t5-,6-,7-,8+/m1/s1. The zero-order valence-corrected chi connectivity index (χ0v) is 9.89. The summed E-state index contributed by atoms with van der Waals surface area (Å²) in [5, 5.41) is 28.4. The molecule has 9 heteroatoms. The van der Waals surface area contributed by atoms with Gasteiger partial charge in [-0.3, -0.25) is 14.3 Å². The number of aromatic amines is 1. The summed E-state index contributed by atoms with van der Waals surface area (Å²) in [4.78, 5) is 25.1. The molecule has 0 amide bonds. The molecular weight excluding hydrogens is 258 g/mol. The minimum absolute atomic E-state index is 0.0347. The molecule has 0 spiro atoms. The molecule has 2 rings (SSSR count). The molecule has 0 aliphatic carbocycles. The van der Waals surface area contributed by atoms with E-state index in [4.69, 9.17) is 15.6 Å². The Kier molecular flexibility index (Phi) is 3.83. The molecule has 0 saturated carbocycles. The lowest BCUT2D eigenvalue weighted by atomic mass is 10.0. The number of ether oxygens (including phenoxy) is 1. The normalized spacial score (nSPS) is 30.7. The molecule has 1 aromatic rings. The Bertz CT molecular complexity index is 567. The van der Waals surface area contributed by atoms with Crippen molar-refractivity contribution in [3.63, 3.8) is 0 Å². The van der Waals surface area contributed by atoms with Crippen molar-refractivity contribution < 1.29 is 20.1 Å². The van der Waals surface area contributed by atoms with Crippen LogP contribution in [0.15, 0.2) is 15.8 Å². The van der Waals surface area contributed by atoms with Crippen LogP contribution in [0.25, 0.3) is 0 Å². The van der Waals surface area contributed by atoms with E-state index >= 15 is 0 Å². The van der Waals surface area contributed by atoms with E-state index in [1.165, 1.54) is 6.20 Å². The predicted molar refractivity (Wildman–Crippen MR) is 62.2 cm³/mol. The van der Waals surface area contributed by atoms with Crippen LogP contribution in [0, 0.1) is 0 Å². The number of nitrogens with zero attached hydrogens (tertiary/aromatic N) is 1. The summed E-state index contributed by atoms with van der Waals surface area (Å²) in [5.74, 6) is 0. The van der Waals surface area contributed by atoms with Gasteiger partial charge in [-0.2, -0.15) is 0 Å². The average molecular weight is 273 g/mol. The minimum Gasteiger partial charge on any atom is -0.394 e. The molecule has 0 aromatic carbocycles. The highest BCUT2D eigenvalue weighted by Gasteiger charge is 2.44. The van der Waals surface area contributed by atoms with Crippen LogP contribution in [0.5, 0.6) is 0 Å². The summed E-state index contributed by atoms with van der Waals surface area (Å²) in [7, 11) is 0. The quantitative estimate of drug-likeness (QED) is 0.385. The minimum atomic E-state index is -1.37. The maximum atomic E-state index is 11.7. The molecule has 9 nitrogen and oxygen atoms in total. The van der Waals surface area contributed by atoms with Gasteiger partial charge in [0.05, 0.1) is 18.8 Å². The van der Waals surface area contributed by atoms with Crippen LogP contribution >= 0.6 is 0 Å². The first-order chi connectivity index (χ1) is 8.99. The lowest BCUT2D eigenvalue weighted by molar-refractivity contribution is -0.0233. The Morgan fingerprint density at radius 1 is 1.37 bits per heavy atom. The van der Waals surface area contributed by atoms with E-state index in [2.05, 4.69) is 0 Å². The van der Waals surface area contributed by atoms with Crippen LogP contribution in [0.2, 0.25) is 0 Å². The Hall–Kier alpha value is -1.52. The number of nitrogens with two attached hydrogens (primary N) is 1. The van der Waals surface area contributed by atoms with E-state index in [1.807, 2.05) is 4.98 Å². The molecule has 19 heavy (non-hydrogen) atoms. The molecule has 1 aliphatic heterocycles. The van der Waals surface area contributed by atoms with E-state index in [-0.39, 0.29) is 12.2 Å². The zero-order valence-electron chi connectivity index (χ0n) is 9.89. The van der Waals surface area contributed by atoms with Crippen molar-refractivity contribution in [3.05, 3.63) is 32.6 Å². The summed E-state index contributed by atoms with van der Waals surface area (Å²) >= 11 is 0. The van der Waals surface area contributed by atoms with Crippen LogP contribution in [0.4, 0.5) is 0 Å². The monoisotopic (exact) mass is 273 g/mol. The topological polar surface area (TPSA) is 151 Å². The van der Waals surface area contributed by atoms with E-state index in [0.29, 0.717) is 0 Å². The van der Waals surface area contributed by atoms with Gasteiger partial charge in [0.15, 0.2) is 0 Å². The highest BCUT2D eigenvalue weighted by atomic mass is 16.6. The third-order valence-electron chi connectivity index (χ3n) is 3.08. The summed E-state index contributed by atoms with van der Waals surface area (Å²) in [6.07, 6.45) is -3.64. The summed E-state index contributed by atoms with van der Waals surface area (Å²) in [6.45, 7) is -0.652. The van der Waals surface area contributed by atoms with Gasteiger partial charge in [-0.05, 0) is 0 Å². The van der Waals surface area contributed by atoms with Crippen molar-refractivity contribution in [1.82, 2.24) is 9.55 Å². The second kappa shape index (κ2) is 5.23. The number of nitrogens with one attached hydrogen (secondary N) is 1. The number of aromatic nitrogens is 2. The number of H-pyrrole nitrogens is 1. The molecule has 1 aromatic heterocycles. The lowest BCUT2D eigenvalue weighted by Crippen LogP contribution is -2.37. The highest BCUT2D eigenvalue weighted by Crippen LogP contribution is 2.31. The molecule has 1 aliphatic rings. The summed E-state index contributed by atoms with van der Waals surface area (Å²) in [5.41, 5.74) is 3.89. The first-order valence-electron chi connectivity index (χ1n) is 5.65. The molecule has 4 atom stereocenters. The van der Waals surface area contributed by atoms with Crippen molar-refractivity contribution >= 4 is 0 Å². The van der Waals surface area contributed by atoms with Gasteiger partial charge in [-0.15, -0.1) is 0 Å². The summed E-state index contributed by atoms with van der Waals surface area (Å²) in [6, 6.07) is 0. The number of aliphatic hydroxyl groups excluding tert-OH is 3. The Balaban J connectivity index is 2.43. The second-order valence-corrected chi connectivity index (χ2v) is 4.25. The fourth-order valence-corrected chi connectivity index (χ4v) is 2.02. The van der Waals surface area contributed by atoms with Gasteiger partial charge in [0.25, 0.3) is 5.56 Å². The fraction of sp³-hybridized carbons (Fsp3) is 0.600. The lowest BCUT2D eigenvalue weighted by Gasteiger charge is -2.14. The molecule has 0 bridgehead atoms. The van der Waals surface area contributed by atoms with E-state index in [9.17, 15) is 19.8 Å². The Morgan fingerprint density at radius 3 is 2.58 bits per heavy atom. The van der Waals surface area contributed by atoms with Crippen molar-refractivity contribution in [2.45, 2.75) is 31.1 Å². The van der Waals surface area contributed by atoms with Gasteiger partial charge >= 0.3 is 5.69 Å². The van der Waals surface area contributed by atoms with Gasteiger partial charge < -0.3 is 25.8 Å². The first-order valence-corrected chi connectivity index (χ1v) is 5.65. The smallest absolute Gasteiger partial charge is 0.329 e. The van der Waals surface area contributed by atoms with Crippen LogP contribution in [-0.4, -0.2) is 49.8 Å². The third-order valence-corrected chi connectivity index (χ3v) is 3.08. The largest absolute Gasteiger partial charge is 0.394 e. The molecule has 0 radical (unpaired) electrons. The van der Waals surface area contributed by atoms with Crippen molar-refractivity contribution in [2.24, 2.45) is 5.73 Å². The Morgan fingerprint density at radius 2 is 2.05 bits per heavy atom. The molecule has 1 saturated heterocycles. The average Bonchev–Trinajstić information content (AvgIpc) is 2.67. The van der Waals surface area contributed by atoms with Crippen molar-refractivity contribution in [2.75, 3.05) is 6.61 Å². The molecule has 1 fully saturated rings. The predicted octanol–water partition coefficient (Wildman–Crippen LogP) is -3.39. The molecule has 6 N–H and O–H groups in total. The number of rotatable bonds is 3. The molecule has 106 valence electrons. The Labute approximate surface area is 106 Å². The van der Waals surface area contributed by atoms with Gasteiger partial charge in [0.1, 0.15) is 24.4 Å². The molecular formula is C10H15N3O6. The van der Waals surface area contributed by atoms with Gasteiger partial charge in [0, 0.05) is 6.20 Å². The van der Waals surface area contributed by atoms with Crippen LogP contribution in [0.3, 0.4) is 0 Å². The number of hydrogen-bond acceptors (Lipinski definition) is 7. The second-order valence-electron chi connectivity index (χ2n) is 4.25. The third kappa shape index (κ3) is 2.33. The van der Waals surface area contributed by atoms with Crippen molar-refractivity contribution in [3.8, 4) is 0 Å². The van der Waals surface area contributed by atoms with E-state index in [1.54, 1.807) is 0 Å². The van der Waals surface area contributed by atoms with Crippen LogP contribution in [0.1, 0.15) is 11.7 Å². The molecule has 0 unspecified atom stereocenters. The maximum Gasteiger partial charge on any atom is 0.329 e. The van der Waals surface area contributed by atoms with Gasteiger partial charge in [0.2, 0.25) is 0 Å². The van der Waals surface area contributed by atoms with Gasteiger partial charge in [-0.1, -0.05) is 0 Å². The fourth-order valence-electron chi connectivity index (χ4n) is 2.02. The maximum absolute atomic E-state index is 11.7. The zero-order chi connectivity index (χ0) is 14.2. The first kappa shape index (κ1) is 13.9. The number of hydrogen-bond donors (Lipinski definition) is 5.